The maximum atomic E-state index is 5.93. The molecule has 0 spiro atoms. The first-order chi connectivity index (χ1) is 9.58. The van der Waals surface area contributed by atoms with Gasteiger partial charge in [0, 0.05) is 26.7 Å². The second-order valence-electron chi connectivity index (χ2n) is 4.59. The Morgan fingerprint density at radius 2 is 1.90 bits per heavy atom. The molecule has 0 saturated heterocycles. The van der Waals surface area contributed by atoms with Crippen LogP contribution in [-0.2, 0) is 6.54 Å². The molecule has 2 N–H and O–H groups in total. The number of aryl methyl sites for hydroxylation is 1. The zero-order valence-corrected chi connectivity index (χ0v) is 14.1. The average Bonchev–Trinajstić information content (AvgIpc) is 2.75. The summed E-state index contributed by atoms with van der Waals surface area (Å²) in [5, 5.41) is 0. The highest BCUT2D eigenvalue weighted by Gasteiger charge is 2.12. The molecule has 5 heteroatoms. The van der Waals surface area contributed by atoms with Crippen molar-refractivity contribution in [3.05, 3.63) is 45.3 Å². The molecule has 0 unspecified atom stereocenters. The molecule has 0 saturated carbocycles. The van der Waals surface area contributed by atoms with Crippen LogP contribution in [0.4, 0.5) is 5.69 Å². The Morgan fingerprint density at radius 1 is 1.10 bits per heavy atom. The highest BCUT2D eigenvalue weighted by molar-refractivity contribution is 9.10. The van der Waals surface area contributed by atoms with E-state index in [-0.39, 0.29) is 0 Å². The monoisotopic (exact) mass is 393 g/mol. The van der Waals surface area contributed by atoms with Crippen molar-refractivity contribution in [2.24, 2.45) is 0 Å². The third-order valence-corrected chi connectivity index (χ3v) is 4.16. The lowest BCUT2D eigenvalue weighted by molar-refractivity contribution is 0.796. The van der Waals surface area contributed by atoms with E-state index in [9.17, 15) is 0 Å². The molecule has 1 aromatic heterocycles. The standard InChI is InChI=1S/C15H13Br2N3/c1-2-20-14-4-3-10(16)8-13(14)19-15(20)9-5-11(17)7-12(18)6-9/h3-8H,2,18H2,1H3. The molecular formula is C15H13Br2N3. The number of nitrogens with two attached hydrogens (primary N) is 1. The number of benzene rings is 2. The van der Waals surface area contributed by atoms with Crippen LogP contribution in [-0.4, -0.2) is 9.55 Å². The van der Waals surface area contributed by atoms with Crippen molar-refractivity contribution >= 4 is 48.6 Å². The number of halogens is 2. The number of nitrogens with zero attached hydrogens (tertiary/aromatic N) is 2. The first-order valence-corrected chi connectivity index (χ1v) is 7.89. The van der Waals surface area contributed by atoms with Gasteiger partial charge in [-0.3, -0.25) is 0 Å². The van der Waals surface area contributed by atoms with Gasteiger partial charge in [0.25, 0.3) is 0 Å². The molecule has 3 rings (SSSR count). The van der Waals surface area contributed by atoms with Crippen LogP contribution in [0.15, 0.2) is 45.3 Å². The molecule has 0 bridgehead atoms. The quantitative estimate of drug-likeness (QED) is 0.632. The third kappa shape index (κ3) is 2.36. The van der Waals surface area contributed by atoms with Gasteiger partial charge in [-0.25, -0.2) is 4.98 Å². The van der Waals surface area contributed by atoms with E-state index in [1.807, 2.05) is 30.3 Å². The van der Waals surface area contributed by atoms with E-state index in [0.29, 0.717) is 0 Å². The number of aromatic nitrogens is 2. The molecule has 0 radical (unpaired) electrons. The van der Waals surface area contributed by atoms with Gasteiger partial charge in [0.15, 0.2) is 0 Å². The zero-order valence-electron chi connectivity index (χ0n) is 10.9. The summed E-state index contributed by atoms with van der Waals surface area (Å²) in [6, 6.07) is 12.0. The van der Waals surface area contributed by atoms with Crippen LogP contribution in [0, 0.1) is 0 Å². The first kappa shape index (κ1) is 13.6. The summed E-state index contributed by atoms with van der Waals surface area (Å²) in [5.74, 6) is 0.939. The fourth-order valence-corrected chi connectivity index (χ4v) is 3.24. The minimum Gasteiger partial charge on any atom is -0.399 e. The lowest BCUT2D eigenvalue weighted by Gasteiger charge is -2.07. The predicted molar refractivity (Wildman–Crippen MR) is 90.7 cm³/mol. The fraction of sp³-hybridized carbons (Fsp3) is 0.133. The minimum atomic E-state index is 0.727. The lowest BCUT2D eigenvalue weighted by atomic mass is 10.2. The summed E-state index contributed by atoms with van der Waals surface area (Å²) in [7, 11) is 0. The molecule has 2 aromatic carbocycles. The Bertz CT molecular complexity index is 773. The molecule has 0 aliphatic carbocycles. The number of anilines is 1. The summed E-state index contributed by atoms with van der Waals surface area (Å²) in [4.78, 5) is 4.75. The Morgan fingerprint density at radius 3 is 2.60 bits per heavy atom. The Kier molecular flexibility index (Phi) is 3.56. The molecule has 1 heterocycles. The van der Waals surface area contributed by atoms with Gasteiger partial charge in [0.05, 0.1) is 11.0 Å². The second kappa shape index (κ2) is 5.22. The van der Waals surface area contributed by atoms with Gasteiger partial charge in [-0.2, -0.15) is 0 Å². The van der Waals surface area contributed by atoms with E-state index in [2.05, 4.69) is 49.4 Å². The Balaban J connectivity index is 2.29. The molecule has 0 atom stereocenters. The van der Waals surface area contributed by atoms with Crippen LogP contribution in [0.25, 0.3) is 22.4 Å². The van der Waals surface area contributed by atoms with E-state index < -0.39 is 0 Å². The van der Waals surface area contributed by atoms with E-state index in [1.165, 1.54) is 0 Å². The average molecular weight is 395 g/mol. The molecule has 0 fully saturated rings. The summed E-state index contributed by atoms with van der Waals surface area (Å²) in [5.41, 5.74) is 9.79. The maximum Gasteiger partial charge on any atom is 0.141 e. The summed E-state index contributed by atoms with van der Waals surface area (Å²) in [6.07, 6.45) is 0. The molecule has 0 aliphatic rings. The van der Waals surface area contributed by atoms with Crippen LogP contribution in [0.3, 0.4) is 0 Å². The number of hydrogen-bond acceptors (Lipinski definition) is 2. The topological polar surface area (TPSA) is 43.8 Å². The summed E-state index contributed by atoms with van der Waals surface area (Å²) < 4.78 is 4.19. The lowest BCUT2D eigenvalue weighted by Crippen LogP contribution is -1.98. The molecule has 102 valence electrons. The maximum absolute atomic E-state index is 5.93. The molecule has 3 nitrogen and oxygen atoms in total. The smallest absolute Gasteiger partial charge is 0.141 e. The predicted octanol–water partition coefficient (Wildman–Crippen LogP) is 4.83. The van der Waals surface area contributed by atoms with Gasteiger partial charge in [-0.05, 0) is 43.3 Å². The fourth-order valence-electron chi connectivity index (χ4n) is 2.38. The zero-order chi connectivity index (χ0) is 14.3. The minimum absolute atomic E-state index is 0.727. The van der Waals surface area contributed by atoms with Crippen LogP contribution < -0.4 is 5.73 Å². The van der Waals surface area contributed by atoms with Gasteiger partial charge in [0.1, 0.15) is 5.82 Å². The first-order valence-electron chi connectivity index (χ1n) is 6.30. The van der Waals surface area contributed by atoms with E-state index in [1.54, 1.807) is 0 Å². The molecular weight excluding hydrogens is 382 g/mol. The van der Waals surface area contributed by atoms with Crippen molar-refractivity contribution < 1.29 is 0 Å². The number of rotatable bonds is 2. The Labute approximate surface area is 134 Å². The van der Waals surface area contributed by atoms with Crippen LogP contribution in [0.2, 0.25) is 0 Å². The molecule has 0 aliphatic heterocycles. The third-order valence-electron chi connectivity index (χ3n) is 3.20. The normalized spacial score (nSPS) is 11.2. The van der Waals surface area contributed by atoms with E-state index in [4.69, 9.17) is 10.7 Å². The van der Waals surface area contributed by atoms with Gasteiger partial charge in [-0.1, -0.05) is 31.9 Å². The van der Waals surface area contributed by atoms with Crippen molar-refractivity contribution in [2.45, 2.75) is 13.5 Å². The molecule has 3 aromatic rings. The van der Waals surface area contributed by atoms with Crippen molar-refractivity contribution in [1.82, 2.24) is 9.55 Å². The van der Waals surface area contributed by atoms with Crippen molar-refractivity contribution in [2.75, 3.05) is 5.73 Å². The van der Waals surface area contributed by atoms with Crippen LogP contribution >= 0.6 is 31.9 Å². The van der Waals surface area contributed by atoms with Crippen molar-refractivity contribution in [3.8, 4) is 11.4 Å². The second-order valence-corrected chi connectivity index (χ2v) is 6.42. The highest BCUT2D eigenvalue weighted by Crippen LogP contribution is 2.30. The number of imidazole rings is 1. The molecule has 20 heavy (non-hydrogen) atoms. The van der Waals surface area contributed by atoms with Gasteiger partial charge in [-0.15, -0.1) is 0 Å². The Hall–Kier alpha value is -1.33. The SMILES string of the molecule is CCn1c(-c2cc(N)cc(Br)c2)nc2cc(Br)ccc21. The van der Waals surface area contributed by atoms with Gasteiger partial charge >= 0.3 is 0 Å². The number of fused-ring (bicyclic) bond motifs is 1. The van der Waals surface area contributed by atoms with Gasteiger partial charge in [0.2, 0.25) is 0 Å². The van der Waals surface area contributed by atoms with E-state index in [0.717, 1.165) is 43.6 Å². The number of hydrogen-bond donors (Lipinski definition) is 1. The van der Waals surface area contributed by atoms with Crippen LogP contribution in [0.1, 0.15) is 6.92 Å². The van der Waals surface area contributed by atoms with Crippen molar-refractivity contribution in [3.63, 3.8) is 0 Å². The highest BCUT2D eigenvalue weighted by atomic mass is 79.9. The summed E-state index contributed by atoms with van der Waals surface area (Å²) in [6.45, 7) is 2.98. The van der Waals surface area contributed by atoms with E-state index >= 15 is 0 Å². The van der Waals surface area contributed by atoms with Crippen LogP contribution in [0.5, 0.6) is 0 Å². The molecule has 0 amide bonds. The van der Waals surface area contributed by atoms with Crippen molar-refractivity contribution in [1.29, 1.82) is 0 Å². The van der Waals surface area contributed by atoms with Gasteiger partial charge < -0.3 is 10.3 Å². The summed E-state index contributed by atoms with van der Waals surface area (Å²) >= 11 is 6.98. The largest absolute Gasteiger partial charge is 0.399 e. The number of nitrogen functional groups attached to an aromatic ring is 1.